The zero-order valence-electron chi connectivity index (χ0n) is 10.1. The quantitative estimate of drug-likeness (QED) is 0.920. The maximum absolute atomic E-state index is 11.7. The summed E-state index contributed by atoms with van der Waals surface area (Å²) in [6, 6.07) is 9.32. The lowest BCUT2D eigenvalue weighted by molar-refractivity contribution is 0.0926. The molecule has 0 aliphatic heterocycles. The molecule has 0 radical (unpaired) electrons. The maximum Gasteiger partial charge on any atom is 0.286 e. The second kappa shape index (κ2) is 5.74. The van der Waals surface area contributed by atoms with E-state index in [2.05, 4.69) is 5.32 Å². The highest BCUT2D eigenvalue weighted by Gasteiger charge is 2.08. The van der Waals surface area contributed by atoms with E-state index >= 15 is 0 Å². The zero-order valence-corrected chi connectivity index (χ0v) is 10.8. The Labute approximate surface area is 111 Å². The first-order chi connectivity index (χ1) is 8.65. The third-order valence-corrected chi connectivity index (χ3v) is 2.78. The van der Waals surface area contributed by atoms with Gasteiger partial charge in [-0.1, -0.05) is 23.7 Å². The van der Waals surface area contributed by atoms with Crippen molar-refractivity contribution in [3.8, 4) is 0 Å². The van der Waals surface area contributed by atoms with E-state index in [9.17, 15) is 4.79 Å². The van der Waals surface area contributed by atoms with Gasteiger partial charge in [0, 0.05) is 11.6 Å². The van der Waals surface area contributed by atoms with E-state index in [0.29, 0.717) is 17.3 Å². The van der Waals surface area contributed by atoms with Crippen LogP contribution in [0.3, 0.4) is 0 Å². The number of rotatable bonds is 4. The molecule has 0 unspecified atom stereocenters. The number of carbonyl (C=O) groups is 1. The molecule has 0 saturated heterocycles. The summed E-state index contributed by atoms with van der Waals surface area (Å²) in [6.07, 6.45) is 2.30. The molecule has 0 fully saturated rings. The first-order valence-corrected chi connectivity index (χ1v) is 6.11. The van der Waals surface area contributed by atoms with Gasteiger partial charge in [-0.05, 0) is 42.7 Å². The molecule has 0 bridgehead atoms. The number of halogens is 1. The van der Waals surface area contributed by atoms with E-state index in [0.717, 1.165) is 17.5 Å². The van der Waals surface area contributed by atoms with Crippen molar-refractivity contribution in [1.82, 2.24) is 5.32 Å². The largest absolute Gasteiger partial charge is 0.459 e. The van der Waals surface area contributed by atoms with Crippen molar-refractivity contribution >= 4 is 17.5 Å². The van der Waals surface area contributed by atoms with Crippen molar-refractivity contribution in [2.45, 2.75) is 13.3 Å². The van der Waals surface area contributed by atoms with Crippen LogP contribution in [0.5, 0.6) is 0 Å². The molecule has 0 aliphatic carbocycles. The number of aryl methyl sites for hydroxylation is 1. The summed E-state index contributed by atoms with van der Waals surface area (Å²) in [6.45, 7) is 2.44. The average Bonchev–Trinajstić information content (AvgIpc) is 2.76. The Hall–Kier alpha value is -1.74. The van der Waals surface area contributed by atoms with Crippen LogP contribution in [-0.2, 0) is 6.42 Å². The van der Waals surface area contributed by atoms with E-state index in [-0.39, 0.29) is 5.91 Å². The van der Waals surface area contributed by atoms with Crippen molar-refractivity contribution < 1.29 is 9.21 Å². The molecule has 94 valence electrons. The van der Waals surface area contributed by atoms with Gasteiger partial charge in [-0.2, -0.15) is 0 Å². The molecule has 1 aromatic heterocycles. The topological polar surface area (TPSA) is 42.2 Å². The third kappa shape index (κ3) is 3.37. The van der Waals surface area contributed by atoms with Crippen LogP contribution in [0.15, 0.2) is 41.0 Å². The maximum atomic E-state index is 11.7. The van der Waals surface area contributed by atoms with Gasteiger partial charge in [0.15, 0.2) is 5.76 Å². The number of furan rings is 1. The lowest BCUT2D eigenvalue weighted by Gasteiger charge is -2.03. The van der Waals surface area contributed by atoms with Crippen LogP contribution >= 0.6 is 11.6 Å². The monoisotopic (exact) mass is 263 g/mol. The molecular weight excluding hydrogens is 250 g/mol. The fraction of sp³-hybridized carbons (Fsp3) is 0.214. The number of amides is 1. The molecule has 3 nitrogen and oxygen atoms in total. The predicted molar refractivity (Wildman–Crippen MR) is 70.9 cm³/mol. The van der Waals surface area contributed by atoms with E-state index < -0.39 is 0 Å². The van der Waals surface area contributed by atoms with Gasteiger partial charge in [-0.25, -0.2) is 0 Å². The predicted octanol–water partition coefficient (Wildman–Crippen LogP) is 3.21. The number of benzene rings is 1. The smallest absolute Gasteiger partial charge is 0.286 e. The fourth-order valence-electron chi connectivity index (χ4n) is 1.65. The highest BCUT2D eigenvalue weighted by Crippen LogP contribution is 2.11. The summed E-state index contributed by atoms with van der Waals surface area (Å²) in [4.78, 5) is 11.7. The summed E-state index contributed by atoms with van der Waals surface area (Å²) in [7, 11) is 0. The van der Waals surface area contributed by atoms with Crippen LogP contribution in [0, 0.1) is 6.92 Å². The number of carbonyl (C=O) groups excluding carboxylic acids is 1. The summed E-state index contributed by atoms with van der Waals surface area (Å²) < 4.78 is 5.11. The van der Waals surface area contributed by atoms with Crippen molar-refractivity contribution in [2.24, 2.45) is 0 Å². The van der Waals surface area contributed by atoms with E-state index in [1.165, 1.54) is 0 Å². The minimum atomic E-state index is -0.190. The van der Waals surface area contributed by atoms with Gasteiger partial charge in [0.05, 0.1) is 6.26 Å². The molecule has 2 rings (SSSR count). The Bertz CT molecular complexity index is 548. The Morgan fingerprint density at radius 1 is 1.39 bits per heavy atom. The second-order valence-corrected chi connectivity index (χ2v) is 4.56. The van der Waals surface area contributed by atoms with Gasteiger partial charge < -0.3 is 9.73 Å². The number of hydrogen-bond acceptors (Lipinski definition) is 2. The summed E-state index contributed by atoms with van der Waals surface area (Å²) in [5.74, 6) is 0.156. The van der Waals surface area contributed by atoms with Crippen LogP contribution in [0.1, 0.15) is 21.7 Å². The highest BCUT2D eigenvalue weighted by molar-refractivity contribution is 6.30. The van der Waals surface area contributed by atoms with E-state index in [4.69, 9.17) is 16.0 Å². The SMILES string of the molecule is Cc1coc(C(=O)NCCc2cccc(Cl)c2)c1. The Kier molecular flexibility index (Phi) is 4.05. The molecule has 0 spiro atoms. The van der Waals surface area contributed by atoms with Gasteiger partial charge in [-0.3, -0.25) is 4.79 Å². The summed E-state index contributed by atoms with van der Waals surface area (Å²) in [5, 5.41) is 3.51. The Morgan fingerprint density at radius 2 is 2.22 bits per heavy atom. The molecular formula is C14H14ClNO2. The van der Waals surface area contributed by atoms with E-state index in [1.807, 2.05) is 31.2 Å². The minimum Gasteiger partial charge on any atom is -0.459 e. The zero-order chi connectivity index (χ0) is 13.0. The molecule has 0 atom stereocenters. The van der Waals surface area contributed by atoms with Crippen molar-refractivity contribution in [3.05, 3.63) is 58.5 Å². The van der Waals surface area contributed by atoms with Gasteiger partial charge in [-0.15, -0.1) is 0 Å². The van der Waals surface area contributed by atoms with Gasteiger partial charge in [0.1, 0.15) is 0 Å². The van der Waals surface area contributed by atoms with Crippen LogP contribution in [-0.4, -0.2) is 12.5 Å². The molecule has 4 heteroatoms. The first-order valence-electron chi connectivity index (χ1n) is 5.73. The lowest BCUT2D eigenvalue weighted by atomic mass is 10.1. The second-order valence-electron chi connectivity index (χ2n) is 4.12. The molecule has 1 aromatic carbocycles. The van der Waals surface area contributed by atoms with E-state index in [1.54, 1.807) is 12.3 Å². The molecule has 0 aliphatic rings. The van der Waals surface area contributed by atoms with Crippen molar-refractivity contribution in [2.75, 3.05) is 6.54 Å². The molecule has 1 N–H and O–H groups in total. The van der Waals surface area contributed by atoms with Crippen LogP contribution in [0.4, 0.5) is 0 Å². The standard InChI is InChI=1S/C14H14ClNO2/c1-10-7-13(18-9-10)14(17)16-6-5-11-3-2-4-12(15)8-11/h2-4,7-9H,5-6H2,1H3,(H,16,17). The van der Waals surface area contributed by atoms with Gasteiger partial charge in [0.25, 0.3) is 5.91 Å². The van der Waals surface area contributed by atoms with Crippen molar-refractivity contribution in [1.29, 1.82) is 0 Å². The van der Waals surface area contributed by atoms with Crippen molar-refractivity contribution in [3.63, 3.8) is 0 Å². The molecule has 1 amide bonds. The fourth-order valence-corrected chi connectivity index (χ4v) is 1.86. The molecule has 18 heavy (non-hydrogen) atoms. The van der Waals surface area contributed by atoms with Crippen LogP contribution in [0.25, 0.3) is 0 Å². The number of hydrogen-bond donors (Lipinski definition) is 1. The molecule has 2 aromatic rings. The van der Waals surface area contributed by atoms with Crippen LogP contribution in [0.2, 0.25) is 5.02 Å². The van der Waals surface area contributed by atoms with Gasteiger partial charge in [0.2, 0.25) is 0 Å². The molecule has 1 heterocycles. The minimum absolute atomic E-state index is 0.190. The van der Waals surface area contributed by atoms with Gasteiger partial charge >= 0.3 is 0 Å². The lowest BCUT2D eigenvalue weighted by Crippen LogP contribution is -2.25. The first kappa shape index (κ1) is 12.7. The van der Waals surface area contributed by atoms with Crippen LogP contribution < -0.4 is 5.32 Å². The average molecular weight is 264 g/mol. The Balaban J connectivity index is 1.84. The highest BCUT2D eigenvalue weighted by atomic mass is 35.5. The number of nitrogens with one attached hydrogen (secondary N) is 1. The Morgan fingerprint density at radius 3 is 2.89 bits per heavy atom. The normalized spacial score (nSPS) is 10.3. The summed E-state index contributed by atoms with van der Waals surface area (Å²) in [5.41, 5.74) is 2.04. The summed E-state index contributed by atoms with van der Waals surface area (Å²) >= 11 is 5.88. The molecule has 0 saturated carbocycles. The third-order valence-electron chi connectivity index (χ3n) is 2.54.